The minimum absolute atomic E-state index is 0.00492. The van der Waals surface area contributed by atoms with Gasteiger partial charge in [0.05, 0.1) is 10.7 Å². The number of H-pyrrole nitrogens is 1. The minimum Gasteiger partial charge on any atom is -0.360 e. The molecule has 2 aromatic carbocycles. The number of halogens is 2. The Hall–Kier alpha value is -2.30. The van der Waals surface area contributed by atoms with Crippen LogP contribution in [0.4, 0.5) is 5.69 Å². The number of pyridine rings is 1. The number of carbonyl (C=O) groups is 1. The number of hydrogen-bond donors (Lipinski definition) is 2. The molecule has 0 aliphatic heterocycles. The second-order valence-electron chi connectivity index (χ2n) is 4.66. The number of rotatable bonds is 2. The summed E-state index contributed by atoms with van der Waals surface area (Å²) >= 11 is 11.9. The molecular formula is C16H10Cl2N2O2. The summed E-state index contributed by atoms with van der Waals surface area (Å²) in [7, 11) is 0. The molecule has 22 heavy (non-hydrogen) atoms. The molecular weight excluding hydrogens is 323 g/mol. The van der Waals surface area contributed by atoms with Crippen molar-refractivity contribution in [3.8, 4) is 0 Å². The summed E-state index contributed by atoms with van der Waals surface area (Å²) in [6, 6.07) is 11.7. The molecule has 0 atom stereocenters. The highest BCUT2D eigenvalue weighted by atomic mass is 35.5. The van der Waals surface area contributed by atoms with Crippen LogP contribution in [0.2, 0.25) is 10.0 Å². The molecule has 0 aliphatic carbocycles. The molecule has 0 saturated heterocycles. The van der Waals surface area contributed by atoms with E-state index in [1.54, 1.807) is 36.4 Å². The zero-order chi connectivity index (χ0) is 15.7. The largest absolute Gasteiger partial charge is 0.360 e. The van der Waals surface area contributed by atoms with Gasteiger partial charge in [0.15, 0.2) is 0 Å². The van der Waals surface area contributed by atoms with Crippen LogP contribution in [0.3, 0.4) is 0 Å². The number of fused-ring (bicyclic) bond motifs is 1. The maximum Gasteiger partial charge on any atom is 0.261 e. The molecule has 4 nitrogen and oxygen atoms in total. The van der Waals surface area contributed by atoms with Crippen molar-refractivity contribution >= 4 is 45.7 Å². The average molecular weight is 333 g/mol. The van der Waals surface area contributed by atoms with E-state index in [2.05, 4.69) is 10.3 Å². The molecule has 0 bridgehead atoms. The van der Waals surface area contributed by atoms with Crippen molar-refractivity contribution in [1.82, 2.24) is 4.98 Å². The van der Waals surface area contributed by atoms with Crippen LogP contribution in [-0.2, 0) is 0 Å². The molecule has 6 heteroatoms. The van der Waals surface area contributed by atoms with Gasteiger partial charge in [-0.25, -0.2) is 0 Å². The molecule has 1 heterocycles. The highest BCUT2D eigenvalue weighted by Gasteiger charge is 2.14. The zero-order valence-corrected chi connectivity index (χ0v) is 12.7. The molecule has 0 unspecified atom stereocenters. The summed E-state index contributed by atoms with van der Waals surface area (Å²) in [6.45, 7) is 0. The number of anilines is 1. The van der Waals surface area contributed by atoms with Gasteiger partial charge in [0, 0.05) is 22.1 Å². The molecule has 3 rings (SSSR count). The molecule has 0 saturated carbocycles. The van der Waals surface area contributed by atoms with Crippen LogP contribution in [0.25, 0.3) is 10.9 Å². The number of aromatic nitrogens is 1. The average Bonchev–Trinajstić information content (AvgIpc) is 2.50. The van der Waals surface area contributed by atoms with E-state index >= 15 is 0 Å². The van der Waals surface area contributed by atoms with Crippen molar-refractivity contribution in [2.24, 2.45) is 0 Å². The monoisotopic (exact) mass is 332 g/mol. The van der Waals surface area contributed by atoms with E-state index in [4.69, 9.17) is 23.2 Å². The SMILES string of the molecule is O=C(Nc1ccccc1Cl)c1c[nH]c2ccc(Cl)cc2c1=O. The molecule has 110 valence electrons. The second kappa shape index (κ2) is 5.83. The second-order valence-corrected chi connectivity index (χ2v) is 5.50. The maximum absolute atomic E-state index is 12.4. The van der Waals surface area contributed by atoms with Crippen molar-refractivity contribution in [3.63, 3.8) is 0 Å². The van der Waals surface area contributed by atoms with Crippen molar-refractivity contribution in [2.75, 3.05) is 5.32 Å². The first-order valence-corrected chi connectivity index (χ1v) is 7.18. The van der Waals surface area contributed by atoms with Crippen LogP contribution in [0.15, 0.2) is 53.5 Å². The minimum atomic E-state index is -0.531. The number of hydrogen-bond acceptors (Lipinski definition) is 2. The quantitative estimate of drug-likeness (QED) is 0.742. The lowest BCUT2D eigenvalue weighted by molar-refractivity contribution is 0.102. The molecule has 0 fully saturated rings. The summed E-state index contributed by atoms with van der Waals surface area (Å²) in [5.74, 6) is -0.531. The zero-order valence-electron chi connectivity index (χ0n) is 11.2. The van der Waals surface area contributed by atoms with Crippen LogP contribution in [0.1, 0.15) is 10.4 Å². The van der Waals surface area contributed by atoms with Crippen LogP contribution in [-0.4, -0.2) is 10.9 Å². The Morgan fingerprint density at radius 3 is 2.64 bits per heavy atom. The van der Waals surface area contributed by atoms with Gasteiger partial charge >= 0.3 is 0 Å². The summed E-state index contributed by atoms with van der Waals surface area (Å²) in [5.41, 5.74) is 0.666. The lowest BCUT2D eigenvalue weighted by Crippen LogP contribution is -2.22. The molecule has 1 aromatic heterocycles. The third-order valence-electron chi connectivity index (χ3n) is 3.21. The van der Waals surface area contributed by atoms with Crippen LogP contribution in [0, 0.1) is 0 Å². The van der Waals surface area contributed by atoms with E-state index in [1.807, 2.05) is 0 Å². The van der Waals surface area contributed by atoms with Gasteiger partial charge in [-0.3, -0.25) is 9.59 Å². The number of benzene rings is 2. The predicted octanol–water partition coefficient (Wildman–Crippen LogP) is 4.09. The van der Waals surface area contributed by atoms with E-state index in [1.165, 1.54) is 12.3 Å². The van der Waals surface area contributed by atoms with E-state index in [9.17, 15) is 9.59 Å². The number of nitrogens with one attached hydrogen (secondary N) is 2. The fourth-order valence-corrected chi connectivity index (χ4v) is 2.47. The van der Waals surface area contributed by atoms with Gasteiger partial charge in [-0.1, -0.05) is 35.3 Å². The van der Waals surface area contributed by atoms with Gasteiger partial charge in [0.1, 0.15) is 5.56 Å². The predicted molar refractivity (Wildman–Crippen MR) is 89.0 cm³/mol. The van der Waals surface area contributed by atoms with Crippen LogP contribution in [0.5, 0.6) is 0 Å². The topological polar surface area (TPSA) is 62.0 Å². The Balaban J connectivity index is 2.03. The van der Waals surface area contributed by atoms with Crippen molar-refractivity contribution in [3.05, 3.63) is 74.5 Å². The normalized spacial score (nSPS) is 10.6. The van der Waals surface area contributed by atoms with Crippen molar-refractivity contribution in [1.29, 1.82) is 0 Å². The van der Waals surface area contributed by atoms with Crippen molar-refractivity contribution in [2.45, 2.75) is 0 Å². The Morgan fingerprint density at radius 2 is 1.86 bits per heavy atom. The first-order valence-electron chi connectivity index (χ1n) is 6.43. The Morgan fingerprint density at radius 1 is 1.09 bits per heavy atom. The number of para-hydroxylation sites is 1. The van der Waals surface area contributed by atoms with Gasteiger partial charge < -0.3 is 10.3 Å². The van der Waals surface area contributed by atoms with Gasteiger partial charge in [-0.2, -0.15) is 0 Å². The van der Waals surface area contributed by atoms with E-state index in [0.717, 1.165) is 0 Å². The number of aromatic amines is 1. The van der Waals surface area contributed by atoms with Gasteiger partial charge in [-0.05, 0) is 30.3 Å². The lowest BCUT2D eigenvalue weighted by Gasteiger charge is -2.07. The molecule has 1 amide bonds. The summed E-state index contributed by atoms with van der Waals surface area (Å²) in [6.07, 6.45) is 1.38. The van der Waals surface area contributed by atoms with Gasteiger partial charge in [0.25, 0.3) is 5.91 Å². The van der Waals surface area contributed by atoms with E-state index < -0.39 is 5.91 Å². The van der Waals surface area contributed by atoms with E-state index in [-0.39, 0.29) is 11.0 Å². The first-order chi connectivity index (χ1) is 10.6. The summed E-state index contributed by atoms with van der Waals surface area (Å²) in [5, 5.41) is 3.81. The Bertz CT molecular complexity index is 935. The molecule has 3 aromatic rings. The third-order valence-corrected chi connectivity index (χ3v) is 3.77. The highest BCUT2D eigenvalue weighted by molar-refractivity contribution is 6.34. The molecule has 0 spiro atoms. The molecule has 0 aliphatic rings. The Labute approximate surface area is 135 Å². The van der Waals surface area contributed by atoms with Gasteiger partial charge in [0.2, 0.25) is 5.43 Å². The standard InChI is InChI=1S/C16H10Cl2N2O2/c17-9-5-6-13-10(7-9)15(21)11(8-19-13)16(22)20-14-4-2-1-3-12(14)18/h1-8H,(H,19,21)(H,20,22). The molecule has 0 radical (unpaired) electrons. The third kappa shape index (κ3) is 2.71. The smallest absolute Gasteiger partial charge is 0.261 e. The maximum atomic E-state index is 12.4. The summed E-state index contributed by atoms with van der Waals surface area (Å²) in [4.78, 5) is 27.6. The molecule has 2 N–H and O–H groups in total. The fourth-order valence-electron chi connectivity index (χ4n) is 2.11. The number of carbonyl (C=O) groups excluding carboxylic acids is 1. The van der Waals surface area contributed by atoms with Crippen molar-refractivity contribution < 1.29 is 4.79 Å². The van der Waals surface area contributed by atoms with E-state index in [0.29, 0.717) is 26.6 Å². The lowest BCUT2D eigenvalue weighted by atomic mass is 10.1. The fraction of sp³-hybridized carbons (Fsp3) is 0. The Kier molecular flexibility index (Phi) is 3.88. The van der Waals surface area contributed by atoms with Crippen LogP contribution >= 0.6 is 23.2 Å². The highest BCUT2D eigenvalue weighted by Crippen LogP contribution is 2.21. The van der Waals surface area contributed by atoms with Gasteiger partial charge in [-0.15, -0.1) is 0 Å². The summed E-state index contributed by atoms with van der Waals surface area (Å²) < 4.78 is 0. The van der Waals surface area contributed by atoms with Crippen LogP contribution < -0.4 is 10.7 Å². The number of amides is 1. The first kappa shape index (κ1) is 14.6.